The lowest BCUT2D eigenvalue weighted by Crippen LogP contribution is -2.33. The van der Waals surface area contributed by atoms with E-state index < -0.39 is 0 Å². The van der Waals surface area contributed by atoms with E-state index in [1.54, 1.807) is 14.2 Å². The number of carbonyl (C=O) groups excluding carboxylic acids is 1. The van der Waals surface area contributed by atoms with Crippen molar-refractivity contribution in [1.82, 2.24) is 5.32 Å². The first-order chi connectivity index (χ1) is 13.1. The van der Waals surface area contributed by atoms with Gasteiger partial charge in [-0.15, -0.1) is 0 Å². The molecule has 2 rings (SSSR count). The number of amides is 1. The van der Waals surface area contributed by atoms with Gasteiger partial charge in [0.1, 0.15) is 7.11 Å². The van der Waals surface area contributed by atoms with Crippen LogP contribution in [0.4, 0.5) is 0 Å². The number of aryl methyl sites for hydroxylation is 1. The molecule has 0 atom stereocenters. The first kappa shape index (κ1) is 20.3. The molecular formula is C21H26N2O4. The Kier molecular flexibility index (Phi) is 7.67. The van der Waals surface area contributed by atoms with Crippen LogP contribution in [0.25, 0.3) is 0 Å². The second-order valence-corrected chi connectivity index (χ2v) is 5.87. The fourth-order valence-electron chi connectivity index (χ4n) is 2.66. The average Bonchev–Trinajstić information content (AvgIpc) is 2.71. The molecule has 144 valence electrons. The van der Waals surface area contributed by atoms with Crippen LogP contribution in [0.3, 0.4) is 0 Å². The number of methoxy groups -OCH3 is 2. The summed E-state index contributed by atoms with van der Waals surface area (Å²) in [7, 11) is 4.62. The zero-order valence-electron chi connectivity index (χ0n) is 16.2. The predicted molar refractivity (Wildman–Crippen MR) is 106 cm³/mol. The number of ether oxygens (including phenoxy) is 2. The standard InChI is InChI=1S/C21H26N2O4/c1-5-15-6-9-17(10-7-15)20(23-27-4)21(24)22-13-12-16-8-11-18(25-2)19(14-16)26-3/h6-11,14H,5,12-13H2,1-4H3,(H,22,24). The van der Waals surface area contributed by atoms with Gasteiger partial charge in [0.15, 0.2) is 17.2 Å². The quantitative estimate of drug-likeness (QED) is 0.544. The van der Waals surface area contributed by atoms with Gasteiger partial charge in [0.2, 0.25) is 0 Å². The molecule has 0 saturated heterocycles. The molecule has 6 heteroatoms. The van der Waals surface area contributed by atoms with Crippen LogP contribution in [0.5, 0.6) is 11.5 Å². The van der Waals surface area contributed by atoms with Crippen LogP contribution in [0, 0.1) is 0 Å². The molecule has 2 aromatic rings. The van der Waals surface area contributed by atoms with E-state index in [0.717, 1.165) is 17.5 Å². The van der Waals surface area contributed by atoms with E-state index >= 15 is 0 Å². The number of benzene rings is 2. The van der Waals surface area contributed by atoms with Gasteiger partial charge >= 0.3 is 0 Å². The van der Waals surface area contributed by atoms with Gasteiger partial charge in [0.05, 0.1) is 14.2 Å². The second kappa shape index (κ2) is 10.2. The van der Waals surface area contributed by atoms with Crippen molar-refractivity contribution in [3.05, 3.63) is 59.2 Å². The number of carbonyl (C=O) groups is 1. The molecule has 0 heterocycles. The Labute approximate surface area is 160 Å². The number of hydrogen-bond acceptors (Lipinski definition) is 5. The molecule has 2 aromatic carbocycles. The number of hydrogen-bond donors (Lipinski definition) is 1. The molecule has 1 N–H and O–H groups in total. The van der Waals surface area contributed by atoms with Gasteiger partial charge in [0.25, 0.3) is 5.91 Å². The highest BCUT2D eigenvalue weighted by Gasteiger charge is 2.15. The van der Waals surface area contributed by atoms with Gasteiger partial charge in [0, 0.05) is 12.1 Å². The van der Waals surface area contributed by atoms with E-state index in [1.165, 1.54) is 12.7 Å². The Bertz CT molecular complexity index is 785. The molecule has 0 spiro atoms. The van der Waals surface area contributed by atoms with Gasteiger partial charge in [-0.3, -0.25) is 4.79 Å². The van der Waals surface area contributed by atoms with Crippen molar-refractivity contribution < 1.29 is 19.1 Å². The van der Waals surface area contributed by atoms with Gasteiger partial charge in [-0.25, -0.2) is 0 Å². The highest BCUT2D eigenvalue weighted by Crippen LogP contribution is 2.27. The smallest absolute Gasteiger partial charge is 0.273 e. The number of oxime groups is 1. The number of nitrogens with zero attached hydrogens (tertiary/aromatic N) is 1. The van der Waals surface area contributed by atoms with Crippen LogP contribution in [-0.4, -0.2) is 39.5 Å². The average molecular weight is 370 g/mol. The molecule has 0 fully saturated rings. The van der Waals surface area contributed by atoms with Gasteiger partial charge < -0.3 is 19.6 Å². The SMILES string of the molecule is CCc1ccc(C(=NOC)C(=O)NCCc2ccc(OC)c(OC)c2)cc1. The lowest BCUT2D eigenvalue weighted by Gasteiger charge is -2.11. The summed E-state index contributed by atoms with van der Waals surface area (Å²) in [5.74, 6) is 1.07. The van der Waals surface area contributed by atoms with Gasteiger partial charge in [-0.2, -0.15) is 0 Å². The molecule has 0 aromatic heterocycles. The monoisotopic (exact) mass is 370 g/mol. The third-order valence-corrected chi connectivity index (χ3v) is 4.18. The molecule has 0 aliphatic carbocycles. The molecule has 0 aliphatic rings. The minimum atomic E-state index is -0.276. The zero-order valence-corrected chi connectivity index (χ0v) is 16.2. The van der Waals surface area contributed by atoms with Crippen molar-refractivity contribution in [3.63, 3.8) is 0 Å². The molecule has 27 heavy (non-hydrogen) atoms. The fourth-order valence-corrected chi connectivity index (χ4v) is 2.66. The second-order valence-electron chi connectivity index (χ2n) is 5.87. The van der Waals surface area contributed by atoms with Crippen molar-refractivity contribution in [2.45, 2.75) is 19.8 Å². The maximum atomic E-state index is 12.5. The van der Waals surface area contributed by atoms with Crippen LogP contribution < -0.4 is 14.8 Å². The normalized spacial score (nSPS) is 11.0. The fraction of sp³-hybridized carbons (Fsp3) is 0.333. The van der Waals surface area contributed by atoms with E-state index in [1.807, 2.05) is 42.5 Å². The molecule has 0 bridgehead atoms. The summed E-state index contributed by atoms with van der Waals surface area (Å²) in [6.07, 6.45) is 1.59. The summed E-state index contributed by atoms with van der Waals surface area (Å²) < 4.78 is 10.5. The summed E-state index contributed by atoms with van der Waals surface area (Å²) in [6.45, 7) is 2.55. The lowest BCUT2D eigenvalue weighted by molar-refractivity contribution is -0.114. The molecule has 6 nitrogen and oxygen atoms in total. The van der Waals surface area contributed by atoms with Gasteiger partial charge in [-0.1, -0.05) is 42.4 Å². The molecule has 0 unspecified atom stereocenters. The van der Waals surface area contributed by atoms with Crippen LogP contribution in [-0.2, 0) is 22.5 Å². The maximum absolute atomic E-state index is 12.5. The van der Waals surface area contributed by atoms with Crippen molar-refractivity contribution in [3.8, 4) is 11.5 Å². The van der Waals surface area contributed by atoms with Crippen LogP contribution in [0.15, 0.2) is 47.6 Å². The summed E-state index contributed by atoms with van der Waals surface area (Å²) in [4.78, 5) is 17.4. The molecular weight excluding hydrogens is 344 g/mol. The van der Waals surface area contributed by atoms with Crippen LogP contribution in [0.2, 0.25) is 0 Å². The van der Waals surface area contributed by atoms with Crippen molar-refractivity contribution in [1.29, 1.82) is 0 Å². The van der Waals surface area contributed by atoms with E-state index in [-0.39, 0.29) is 11.6 Å². The minimum absolute atomic E-state index is 0.257. The largest absolute Gasteiger partial charge is 0.493 e. The Morgan fingerprint density at radius 1 is 0.963 bits per heavy atom. The highest BCUT2D eigenvalue weighted by atomic mass is 16.6. The third-order valence-electron chi connectivity index (χ3n) is 4.18. The van der Waals surface area contributed by atoms with Crippen molar-refractivity contribution in [2.75, 3.05) is 27.9 Å². The van der Waals surface area contributed by atoms with Gasteiger partial charge in [-0.05, 0) is 36.1 Å². The minimum Gasteiger partial charge on any atom is -0.493 e. The summed E-state index contributed by atoms with van der Waals surface area (Å²) in [6, 6.07) is 13.4. The third kappa shape index (κ3) is 5.48. The molecule has 1 amide bonds. The summed E-state index contributed by atoms with van der Waals surface area (Å²) in [5.41, 5.74) is 3.21. The summed E-state index contributed by atoms with van der Waals surface area (Å²) in [5, 5.41) is 6.78. The topological polar surface area (TPSA) is 69.2 Å². The Hall–Kier alpha value is -3.02. The number of rotatable bonds is 9. The molecule has 0 aliphatic heterocycles. The van der Waals surface area contributed by atoms with E-state index in [9.17, 15) is 4.79 Å². The van der Waals surface area contributed by atoms with E-state index in [0.29, 0.717) is 24.5 Å². The Morgan fingerprint density at radius 2 is 1.63 bits per heavy atom. The van der Waals surface area contributed by atoms with Crippen LogP contribution >= 0.6 is 0 Å². The maximum Gasteiger partial charge on any atom is 0.273 e. The Balaban J connectivity index is 2.00. The Morgan fingerprint density at radius 3 is 2.22 bits per heavy atom. The molecule has 0 saturated carbocycles. The van der Waals surface area contributed by atoms with Crippen molar-refractivity contribution >= 4 is 11.6 Å². The lowest BCUT2D eigenvalue weighted by atomic mass is 10.1. The first-order valence-electron chi connectivity index (χ1n) is 8.82. The zero-order chi connectivity index (χ0) is 19.6. The highest BCUT2D eigenvalue weighted by molar-refractivity contribution is 6.45. The molecule has 0 radical (unpaired) electrons. The first-order valence-corrected chi connectivity index (χ1v) is 8.82. The van der Waals surface area contributed by atoms with E-state index in [2.05, 4.69) is 17.4 Å². The number of nitrogens with one attached hydrogen (secondary N) is 1. The van der Waals surface area contributed by atoms with E-state index in [4.69, 9.17) is 14.3 Å². The summed E-state index contributed by atoms with van der Waals surface area (Å²) >= 11 is 0. The van der Waals surface area contributed by atoms with Crippen LogP contribution in [0.1, 0.15) is 23.6 Å². The van der Waals surface area contributed by atoms with Crippen molar-refractivity contribution in [2.24, 2.45) is 5.16 Å². The predicted octanol–water partition coefficient (Wildman–Crippen LogP) is 2.98.